The van der Waals surface area contributed by atoms with E-state index in [2.05, 4.69) is 16.5 Å². The van der Waals surface area contributed by atoms with Crippen molar-refractivity contribution in [3.05, 3.63) is 23.4 Å². The van der Waals surface area contributed by atoms with Gasteiger partial charge in [0.2, 0.25) is 5.88 Å². The van der Waals surface area contributed by atoms with E-state index in [9.17, 15) is 9.59 Å². The fourth-order valence-corrected chi connectivity index (χ4v) is 4.61. The van der Waals surface area contributed by atoms with Gasteiger partial charge in [0.15, 0.2) is 0 Å². The Labute approximate surface area is 152 Å². The number of ether oxygens (including phenoxy) is 1. The van der Waals surface area contributed by atoms with Gasteiger partial charge in [-0.2, -0.15) is 5.10 Å². The molecule has 0 radical (unpaired) electrons. The number of aromatic nitrogens is 2. The molecule has 7 heteroatoms. The average Bonchev–Trinajstić information content (AvgIpc) is 2.95. The molecule has 4 bridgehead atoms. The molecule has 4 unspecified atom stereocenters. The molecule has 0 saturated heterocycles. The van der Waals surface area contributed by atoms with Gasteiger partial charge >= 0.3 is 5.97 Å². The Hall–Kier alpha value is -2.31. The van der Waals surface area contributed by atoms with Gasteiger partial charge in [0.05, 0.1) is 12.8 Å². The molecule has 4 atom stereocenters. The highest BCUT2D eigenvalue weighted by molar-refractivity contribution is 5.96. The first-order chi connectivity index (χ1) is 12.4. The Bertz CT molecular complexity index is 767. The standard InChI is InChI=1S/C19H25N3O4/c1-10(2)9-26-19-15(7-20-22(19)8-16(23)24)18(25)21-17-11-3-4-13-12(5-11)6-14(13)17/h4,7,10-12,14,17H,3,5-6,8-9H2,1-2H3,(H,21,25)(H,23,24). The minimum atomic E-state index is -1.02. The zero-order valence-electron chi connectivity index (χ0n) is 15.1. The van der Waals surface area contributed by atoms with Gasteiger partial charge in [-0.15, -0.1) is 0 Å². The summed E-state index contributed by atoms with van der Waals surface area (Å²) < 4.78 is 6.99. The van der Waals surface area contributed by atoms with Gasteiger partial charge in [0, 0.05) is 12.0 Å². The first-order valence-corrected chi connectivity index (χ1v) is 9.35. The SMILES string of the molecule is CC(C)COc1c(C(=O)NC2C3CC=C4C(C3)CC42)cnn1CC(=O)O. The van der Waals surface area contributed by atoms with Gasteiger partial charge < -0.3 is 15.2 Å². The zero-order valence-corrected chi connectivity index (χ0v) is 15.1. The van der Waals surface area contributed by atoms with Crippen molar-refractivity contribution in [1.82, 2.24) is 15.1 Å². The molecular formula is C19H25N3O4. The van der Waals surface area contributed by atoms with Crippen LogP contribution in [0.25, 0.3) is 0 Å². The van der Waals surface area contributed by atoms with Gasteiger partial charge in [-0.05, 0) is 37.0 Å². The van der Waals surface area contributed by atoms with Gasteiger partial charge in [-0.3, -0.25) is 9.59 Å². The van der Waals surface area contributed by atoms with Crippen molar-refractivity contribution in [3.8, 4) is 5.88 Å². The molecule has 2 N–H and O–H groups in total. The minimum Gasteiger partial charge on any atom is -0.480 e. The van der Waals surface area contributed by atoms with Crippen LogP contribution in [0.3, 0.4) is 0 Å². The fraction of sp³-hybridized carbons (Fsp3) is 0.632. The second kappa shape index (κ2) is 6.45. The number of carbonyl (C=O) groups excluding carboxylic acids is 1. The highest BCUT2D eigenvalue weighted by atomic mass is 16.5. The van der Waals surface area contributed by atoms with Crippen molar-refractivity contribution in [2.75, 3.05) is 6.61 Å². The number of nitrogens with one attached hydrogen (secondary N) is 1. The molecule has 0 aromatic carbocycles. The number of nitrogens with zero attached hydrogens (tertiary/aromatic N) is 2. The number of aliphatic carboxylic acids is 1. The van der Waals surface area contributed by atoms with Crippen LogP contribution in [0.4, 0.5) is 0 Å². The third-order valence-electron chi connectivity index (χ3n) is 5.79. The predicted molar refractivity (Wildman–Crippen MR) is 93.9 cm³/mol. The van der Waals surface area contributed by atoms with Crippen LogP contribution in [-0.4, -0.2) is 39.4 Å². The molecule has 7 nitrogen and oxygen atoms in total. The maximum atomic E-state index is 12.9. The van der Waals surface area contributed by atoms with E-state index in [0.29, 0.717) is 24.0 Å². The Morgan fingerprint density at radius 3 is 2.85 bits per heavy atom. The maximum absolute atomic E-state index is 12.9. The Morgan fingerprint density at radius 2 is 2.23 bits per heavy atom. The molecule has 4 aliphatic rings. The molecule has 0 spiro atoms. The lowest BCUT2D eigenvalue weighted by Gasteiger charge is -2.56. The fourth-order valence-electron chi connectivity index (χ4n) is 4.61. The molecular weight excluding hydrogens is 334 g/mol. The van der Waals surface area contributed by atoms with Crippen molar-refractivity contribution in [2.24, 2.45) is 23.7 Å². The summed E-state index contributed by atoms with van der Waals surface area (Å²) in [5, 5.41) is 16.3. The van der Waals surface area contributed by atoms with E-state index in [1.165, 1.54) is 29.3 Å². The molecule has 140 valence electrons. The highest BCUT2D eigenvalue weighted by Gasteiger charge is 2.52. The quantitative estimate of drug-likeness (QED) is 0.727. The molecule has 26 heavy (non-hydrogen) atoms. The summed E-state index contributed by atoms with van der Waals surface area (Å²) >= 11 is 0. The number of allylic oxidation sites excluding steroid dienone is 1. The van der Waals surface area contributed by atoms with Crippen molar-refractivity contribution in [2.45, 2.75) is 45.7 Å². The average molecular weight is 359 g/mol. The van der Waals surface area contributed by atoms with Crippen molar-refractivity contribution >= 4 is 11.9 Å². The smallest absolute Gasteiger partial charge is 0.325 e. The van der Waals surface area contributed by atoms with Crippen LogP contribution in [0, 0.1) is 23.7 Å². The molecule has 0 aliphatic heterocycles. The second-order valence-electron chi connectivity index (χ2n) is 8.09. The number of hydrogen-bond donors (Lipinski definition) is 2. The lowest BCUT2D eigenvalue weighted by molar-refractivity contribution is -0.138. The van der Waals surface area contributed by atoms with E-state index in [4.69, 9.17) is 9.84 Å². The van der Waals surface area contributed by atoms with Gasteiger partial charge in [0.25, 0.3) is 5.91 Å². The molecule has 2 saturated carbocycles. The Balaban J connectivity index is 1.52. The lowest BCUT2D eigenvalue weighted by atomic mass is 9.51. The number of carbonyl (C=O) groups is 2. The predicted octanol–water partition coefficient (Wildman–Crippen LogP) is 2.09. The topological polar surface area (TPSA) is 93.5 Å². The summed E-state index contributed by atoms with van der Waals surface area (Å²) in [6.07, 6.45) is 7.16. The summed E-state index contributed by atoms with van der Waals surface area (Å²) in [4.78, 5) is 24.0. The number of rotatable bonds is 7. The van der Waals surface area contributed by atoms with Crippen LogP contribution in [0.15, 0.2) is 17.8 Å². The minimum absolute atomic E-state index is 0.174. The van der Waals surface area contributed by atoms with Crippen LogP contribution in [-0.2, 0) is 11.3 Å². The molecule has 5 rings (SSSR count). The molecule has 1 aromatic heterocycles. The lowest BCUT2D eigenvalue weighted by Crippen LogP contribution is -2.58. The summed E-state index contributed by atoms with van der Waals surface area (Å²) in [7, 11) is 0. The van der Waals surface area contributed by atoms with Crippen molar-refractivity contribution < 1.29 is 19.4 Å². The van der Waals surface area contributed by atoms with E-state index in [1.54, 1.807) is 0 Å². The highest BCUT2D eigenvalue weighted by Crippen LogP contribution is 2.57. The van der Waals surface area contributed by atoms with Crippen LogP contribution >= 0.6 is 0 Å². The van der Waals surface area contributed by atoms with Crippen molar-refractivity contribution in [3.63, 3.8) is 0 Å². The number of hydrogen-bond acceptors (Lipinski definition) is 4. The number of carboxylic acids is 1. The van der Waals surface area contributed by atoms with Gasteiger partial charge in [-0.1, -0.05) is 25.5 Å². The number of fused-ring (bicyclic) bond motifs is 1. The van der Waals surface area contributed by atoms with Crippen LogP contribution < -0.4 is 10.1 Å². The number of carboxylic acid groups (broad SMARTS) is 1. The third-order valence-corrected chi connectivity index (χ3v) is 5.79. The summed E-state index contributed by atoms with van der Waals surface area (Å²) in [5.41, 5.74) is 1.84. The molecule has 1 aromatic rings. The summed E-state index contributed by atoms with van der Waals surface area (Å²) in [6, 6.07) is 0.174. The number of amides is 1. The van der Waals surface area contributed by atoms with Crippen LogP contribution in [0.5, 0.6) is 5.88 Å². The molecule has 2 fully saturated rings. The van der Waals surface area contributed by atoms with E-state index >= 15 is 0 Å². The largest absolute Gasteiger partial charge is 0.480 e. The van der Waals surface area contributed by atoms with E-state index in [-0.39, 0.29) is 30.3 Å². The Kier molecular flexibility index (Phi) is 4.25. The van der Waals surface area contributed by atoms with E-state index in [1.807, 2.05) is 13.8 Å². The zero-order chi connectivity index (χ0) is 18.4. The van der Waals surface area contributed by atoms with Gasteiger partial charge in [-0.25, -0.2) is 4.68 Å². The monoisotopic (exact) mass is 359 g/mol. The van der Waals surface area contributed by atoms with Crippen molar-refractivity contribution in [1.29, 1.82) is 0 Å². The molecule has 1 amide bonds. The van der Waals surface area contributed by atoms with Gasteiger partial charge in [0.1, 0.15) is 12.1 Å². The van der Waals surface area contributed by atoms with Crippen LogP contribution in [0.2, 0.25) is 0 Å². The summed E-state index contributed by atoms with van der Waals surface area (Å²) in [6.45, 7) is 4.06. The third kappa shape index (κ3) is 2.89. The normalized spacial score (nSPS) is 28.5. The van der Waals surface area contributed by atoms with E-state index in [0.717, 1.165) is 12.3 Å². The summed E-state index contributed by atoms with van der Waals surface area (Å²) in [5.74, 6) is 0.987. The first-order valence-electron chi connectivity index (χ1n) is 9.35. The molecule has 1 heterocycles. The van der Waals surface area contributed by atoms with Crippen LogP contribution in [0.1, 0.15) is 43.5 Å². The van der Waals surface area contributed by atoms with E-state index < -0.39 is 5.97 Å². The maximum Gasteiger partial charge on any atom is 0.325 e. The molecule has 4 aliphatic carbocycles. The Morgan fingerprint density at radius 1 is 1.42 bits per heavy atom. The first kappa shape index (κ1) is 17.1. The second-order valence-corrected chi connectivity index (χ2v) is 8.09.